The molecular formula is C4H5Br. The summed E-state index contributed by atoms with van der Waals surface area (Å²) in [4.78, 5) is 0. The molecule has 0 unspecified atom stereocenters. The van der Waals surface area contributed by atoms with E-state index < -0.39 is 0 Å². The molecule has 0 nitrogen and oxygen atoms in total. The molecule has 0 aromatic carbocycles. The first-order chi connectivity index (χ1) is 2.27. The van der Waals surface area contributed by atoms with Crippen LogP contribution in [0.3, 0.4) is 0 Å². The molecular weight excluding hydrogens is 128 g/mol. The number of rotatable bonds is 0. The van der Waals surface area contributed by atoms with Crippen LogP contribution in [-0.2, 0) is 0 Å². The van der Waals surface area contributed by atoms with Gasteiger partial charge >= 0.3 is 0 Å². The van der Waals surface area contributed by atoms with Gasteiger partial charge in [0.05, 0.1) is 0 Å². The summed E-state index contributed by atoms with van der Waals surface area (Å²) in [5.74, 6) is 0. The molecule has 0 amide bonds. The number of halogens is 1. The Morgan fingerprint density at radius 1 is 2.00 bits per heavy atom. The first-order valence-electron chi connectivity index (χ1n) is 1.29. The molecule has 5 heavy (non-hydrogen) atoms. The second-order valence-corrected chi connectivity index (χ2v) is 1.90. The van der Waals surface area contributed by atoms with E-state index in [1.54, 1.807) is 0 Å². The Labute approximate surface area is 40.3 Å². The molecule has 0 aliphatic rings. The molecule has 1 heteroatoms. The van der Waals surface area contributed by atoms with E-state index in [9.17, 15) is 0 Å². The lowest BCUT2D eigenvalue weighted by Crippen LogP contribution is -1.37. The lowest BCUT2D eigenvalue weighted by Gasteiger charge is -1.63. The summed E-state index contributed by atoms with van der Waals surface area (Å²) in [5, 5.41) is 0. The van der Waals surface area contributed by atoms with Crippen molar-refractivity contribution in [3.8, 4) is 0 Å². The highest BCUT2D eigenvalue weighted by molar-refractivity contribution is 9.11. The molecule has 0 fully saturated rings. The summed E-state index contributed by atoms with van der Waals surface area (Å²) < 4.78 is 0.956. The average molecular weight is 133 g/mol. The van der Waals surface area contributed by atoms with E-state index in [4.69, 9.17) is 0 Å². The quantitative estimate of drug-likeness (QED) is 0.443. The summed E-state index contributed by atoms with van der Waals surface area (Å²) in [6, 6.07) is 0. The van der Waals surface area contributed by atoms with E-state index in [1.807, 2.05) is 6.92 Å². The highest BCUT2D eigenvalue weighted by Gasteiger charge is 1.61. The molecule has 0 aromatic rings. The molecule has 0 atom stereocenters. The van der Waals surface area contributed by atoms with Crippen LogP contribution in [0.4, 0.5) is 0 Å². The first-order valence-corrected chi connectivity index (χ1v) is 2.09. The second kappa shape index (κ2) is 2.25. The van der Waals surface area contributed by atoms with Crippen molar-refractivity contribution in [3.63, 3.8) is 0 Å². The third-order valence-corrected chi connectivity index (χ3v) is 0.524. The Bertz CT molecular complexity index is 63.7. The van der Waals surface area contributed by atoms with Crippen molar-refractivity contribution in [2.24, 2.45) is 0 Å². The Hall–Kier alpha value is 0. The van der Waals surface area contributed by atoms with Gasteiger partial charge in [-0.1, -0.05) is 6.58 Å². The molecule has 0 N–H and O–H groups in total. The van der Waals surface area contributed by atoms with Gasteiger partial charge in [-0.2, -0.15) is 0 Å². The standard InChI is InChI=1S/C4H5Br/c1-3-4(2)5/h1H2,2H3. The Morgan fingerprint density at radius 2 is 2.20 bits per heavy atom. The van der Waals surface area contributed by atoms with E-state index in [-0.39, 0.29) is 0 Å². The SMILES string of the molecule is C=C=C(C)Br. The molecule has 0 radical (unpaired) electrons. The van der Waals surface area contributed by atoms with Crippen LogP contribution in [0.25, 0.3) is 0 Å². The Balaban J connectivity index is 3.60. The lowest BCUT2D eigenvalue weighted by molar-refractivity contribution is 1.74. The van der Waals surface area contributed by atoms with E-state index >= 15 is 0 Å². The van der Waals surface area contributed by atoms with Crippen molar-refractivity contribution in [1.29, 1.82) is 0 Å². The maximum absolute atomic E-state index is 3.35. The number of allylic oxidation sites excluding steroid dienone is 1. The third-order valence-electron chi connectivity index (χ3n) is 0.244. The van der Waals surface area contributed by atoms with Crippen LogP contribution in [0, 0.1) is 0 Å². The van der Waals surface area contributed by atoms with Crippen LogP contribution < -0.4 is 0 Å². The number of hydrogen-bond donors (Lipinski definition) is 0. The normalized spacial score (nSPS) is 6.00. The highest BCUT2D eigenvalue weighted by Crippen LogP contribution is 1.95. The molecule has 0 heterocycles. The predicted molar refractivity (Wildman–Crippen MR) is 27.3 cm³/mol. The lowest BCUT2D eigenvalue weighted by atomic mass is 10.7. The van der Waals surface area contributed by atoms with Gasteiger partial charge in [0.1, 0.15) is 0 Å². The van der Waals surface area contributed by atoms with Gasteiger partial charge in [0.2, 0.25) is 0 Å². The minimum Gasteiger partial charge on any atom is -0.118 e. The highest BCUT2D eigenvalue weighted by atomic mass is 79.9. The second-order valence-electron chi connectivity index (χ2n) is 0.710. The fourth-order valence-electron chi connectivity index (χ4n) is 0. The maximum atomic E-state index is 3.35. The van der Waals surface area contributed by atoms with Crippen LogP contribution in [0.1, 0.15) is 6.92 Å². The van der Waals surface area contributed by atoms with Crippen molar-refractivity contribution >= 4 is 15.9 Å². The molecule has 0 saturated heterocycles. The van der Waals surface area contributed by atoms with Crippen molar-refractivity contribution in [2.75, 3.05) is 0 Å². The van der Waals surface area contributed by atoms with Gasteiger partial charge in [-0.05, 0) is 22.9 Å². The molecule has 28 valence electrons. The van der Waals surface area contributed by atoms with Crippen molar-refractivity contribution < 1.29 is 0 Å². The van der Waals surface area contributed by atoms with Crippen molar-refractivity contribution in [2.45, 2.75) is 6.92 Å². The van der Waals surface area contributed by atoms with E-state index in [0.29, 0.717) is 0 Å². The molecule has 0 spiro atoms. The van der Waals surface area contributed by atoms with Crippen LogP contribution in [0.2, 0.25) is 0 Å². The van der Waals surface area contributed by atoms with Crippen LogP contribution in [-0.4, -0.2) is 0 Å². The van der Waals surface area contributed by atoms with Crippen LogP contribution >= 0.6 is 15.9 Å². The molecule has 0 aliphatic carbocycles. The number of hydrogen-bond acceptors (Lipinski definition) is 0. The minimum atomic E-state index is 0.956. The van der Waals surface area contributed by atoms with E-state index in [1.165, 1.54) is 0 Å². The van der Waals surface area contributed by atoms with Gasteiger partial charge in [0, 0.05) is 4.48 Å². The third kappa shape index (κ3) is 4.00. The zero-order valence-corrected chi connectivity index (χ0v) is 4.67. The van der Waals surface area contributed by atoms with E-state index in [2.05, 4.69) is 28.2 Å². The Morgan fingerprint density at radius 3 is 2.20 bits per heavy atom. The summed E-state index contributed by atoms with van der Waals surface area (Å²) >= 11 is 3.12. The largest absolute Gasteiger partial charge is 0.118 e. The fraction of sp³-hybridized carbons (Fsp3) is 0.250. The topological polar surface area (TPSA) is 0 Å². The molecule has 0 aromatic heterocycles. The summed E-state index contributed by atoms with van der Waals surface area (Å²) in [7, 11) is 0. The Kier molecular flexibility index (Phi) is 2.25. The summed E-state index contributed by atoms with van der Waals surface area (Å²) in [6.07, 6.45) is 0. The van der Waals surface area contributed by atoms with Gasteiger partial charge in [-0.3, -0.25) is 0 Å². The van der Waals surface area contributed by atoms with Gasteiger partial charge in [0.15, 0.2) is 0 Å². The molecule has 0 aliphatic heterocycles. The first kappa shape index (κ1) is 5.00. The predicted octanol–water partition coefficient (Wildman–Crippen LogP) is 2.07. The maximum Gasteiger partial charge on any atom is 0.0331 e. The van der Waals surface area contributed by atoms with Gasteiger partial charge < -0.3 is 0 Å². The van der Waals surface area contributed by atoms with Crippen molar-refractivity contribution in [1.82, 2.24) is 0 Å². The van der Waals surface area contributed by atoms with E-state index in [0.717, 1.165) is 4.48 Å². The van der Waals surface area contributed by atoms with Gasteiger partial charge in [0.25, 0.3) is 0 Å². The molecule has 0 saturated carbocycles. The summed E-state index contributed by atoms with van der Waals surface area (Å²) in [5.41, 5.74) is 2.61. The van der Waals surface area contributed by atoms with Crippen molar-refractivity contribution in [3.05, 3.63) is 16.8 Å². The van der Waals surface area contributed by atoms with Gasteiger partial charge in [-0.15, -0.1) is 5.73 Å². The molecule has 0 rings (SSSR count). The zero-order chi connectivity index (χ0) is 4.28. The molecule has 0 bridgehead atoms. The summed E-state index contributed by atoms with van der Waals surface area (Å²) in [6.45, 7) is 5.23. The average Bonchev–Trinajstić information content (AvgIpc) is 1.38. The van der Waals surface area contributed by atoms with Crippen LogP contribution in [0.5, 0.6) is 0 Å². The fourth-order valence-corrected chi connectivity index (χ4v) is 0. The zero-order valence-electron chi connectivity index (χ0n) is 3.09. The van der Waals surface area contributed by atoms with Gasteiger partial charge in [-0.25, -0.2) is 0 Å². The minimum absolute atomic E-state index is 0.956. The van der Waals surface area contributed by atoms with Crippen LogP contribution in [0.15, 0.2) is 16.8 Å². The monoisotopic (exact) mass is 132 g/mol. The smallest absolute Gasteiger partial charge is 0.0331 e.